The van der Waals surface area contributed by atoms with Gasteiger partial charge >= 0.3 is 5.97 Å². The molecule has 0 radical (unpaired) electrons. The van der Waals surface area contributed by atoms with Gasteiger partial charge in [-0.2, -0.15) is 0 Å². The van der Waals surface area contributed by atoms with Gasteiger partial charge in [0.25, 0.3) is 0 Å². The zero-order valence-electron chi connectivity index (χ0n) is 17.2. The second-order valence-electron chi connectivity index (χ2n) is 7.71. The van der Waals surface area contributed by atoms with Gasteiger partial charge in [-0.1, -0.05) is 32.9 Å². The maximum absolute atomic E-state index is 12.2. The van der Waals surface area contributed by atoms with Crippen molar-refractivity contribution in [3.05, 3.63) is 52.8 Å². The lowest BCUT2D eigenvalue weighted by Gasteiger charge is -2.18. The second-order valence-corrected chi connectivity index (χ2v) is 7.71. The fourth-order valence-corrected chi connectivity index (χ4v) is 2.92. The smallest absolute Gasteiger partial charge is 0.339 e. The third-order valence-electron chi connectivity index (χ3n) is 4.55. The molecule has 0 N–H and O–H groups in total. The van der Waals surface area contributed by atoms with Gasteiger partial charge in [0.2, 0.25) is 11.8 Å². The van der Waals surface area contributed by atoms with Crippen LogP contribution in [0.5, 0.6) is 0 Å². The van der Waals surface area contributed by atoms with Crippen molar-refractivity contribution >= 4 is 5.97 Å². The number of aryl methyl sites for hydroxylation is 2. The van der Waals surface area contributed by atoms with Crippen LogP contribution in [-0.2, 0) is 10.2 Å². The van der Waals surface area contributed by atoms with Crippen molar-refractivity contribution in [3.63, 3.8) is 0 Å². The monoisotopic (exact) mass is 379 g/mol. The van der Waals surface area contributed by atoms with Gasteiger partial charge in [0.1, 0.15) is 0 Å². The van der Waals surface area contributed by atoms with Gasteiger partial charge < -0.3 is 9.15 Å². The lowest BCUT2D eigenvalue weighted by molar-refractivity contribution is 0.0525. The molecule has 0 amide bonds. The Bertz CT molecular complexity index is 999. The number of benzene rings is 1. The first kappa shape index (κ1) is 19.7. The zero-order chi connectivity index (χ0) is 20.5. The molecule has 0 fully saturated rings. The summed E-state index contributed by atoms with van der Waals surface area (Å²) in [5.74, 6) is 0.338. The van der Waals surface area contributed by atoms with Gasteiger partial charge in [0.05, 0.1) is 29.1 Å². The number of rotatable bonds is 4. The molecule has 6 heteroatoms. The minimum atomic E-state index is -0.411. The molecule has 28 heavy (non-hydrogen) atoms. The Labute approximate surface area is 165 Å². The minimum Gasteiger partial charge on any atom is -0.462 e. The molecule has 0 unspecified atom stereocenters. The third kappa shape index (κ3) is 3.96. The molecular formula is C22H25N3O3. The zero-order valence-corrected chi connectivity index (χ0v) is 17.2. The average molecular weight is 379 g/mol. The van der Waals surface area contributed by atoms with E-state index in [1.807, 2.05) is 19.1 Å². The van der Waals surface area contributed by atoms with Crippen LogP contribution in [0.15, 0.2) is 34.7 Å². The Hall–Kier alpha value is -3.02. The van der Waals surface area contributed by atoms with Gasteiger partial charge in [-0.3, -0.25) is 4.98 Å². The Morgan fingerprint density at radius 3 is 2.29 bits per heavy atom. The summed E-state index contributed by atoms with van der Waals surface area (Å²) in [6.07, 6.45) is 0. The molecule has 6 nitrogen and oxygen atoms in total. The van der Waals surface area contributed by atoms with E-state index < -0.39 is 5.97 Å². The van der Waals surface area contributed by atoms with Crippen LogP contribution in [0.25, 0.3) is 22.9 Å². The van der Waals surface area contributed by atoms with Crippen LogP contribution in [0, 0.1) is 13.8 Å². The van der Waals surface area contributed by atoms with Crippen LogP contribution >= 0.6 is 0 Å². The number of hydrogen-bond acceptors (Lipinski definition) is 6. The number of carbonyl (C=O) groups is 1. The second kappa shape index (κ2) is 7.54. The fraction of sp³-hybridized carbons (Fsp3) is 0.364. The molecule has 0 spiro atoms. The van der Waals surface area contributed by atoms with Crippen molar-refractivity contribution in [2.45, 2.75) is 47.0 Å². The van der Waals surface area contributed by atoms with E-state index in [1.54, 1.807) is 19.9 Å². The van der Waals surface area contributed by atoms with Crippen molar-refractivity contribution in [1.29, 1.82) is 0 Å². The van der Waals surface area contributed by atoms with Crippen LogP contribution in [0.4, 0.5) is 0 Å². The van der Waals surface area contributed by atoms with Gasteiger partial charge in [-0.15, -0.1) is 10.2 Å². The fourth-order valence-electron chi connectivity index (χ4n) is 2.92. The molecule has 0 aliphatic heterocycles. The summed E-state index contributed by atoms with van der Waals surface area (Å²) in [4.78, 5) is 16.6. The molecule has 3 aromatic rings. The predicted molar refractivity (Wildman–Crippen MR) is 107 cm³/mol. The van der Waals surface area contributed by atoms with E-state index >= 15 is 0 Å². The number of ether oxygens (including phenoxy) is 1. The van der Waals surface area contributed by atoms with Crippen molar-refractivity contribution in [1.82, 2.24) is 15.2 Å². The first-order valence-corrected chi connectivity index (χ1v) is 9.31. The summed E-state index contributed by atoms with van der Waals surface area (Å²) in [6.45, 7) is 12.2. The summed E-state index contributed by atoms with van der Waals surface area (Å²) in [6, 6.07) is 9.79. The first-order valence-electron chi connectivity index (χ1n) is 9.31. The molecule has 3 rings (SSSR count). The van der Waals surface area contributed by atoms with E-state index in [0.717, 1.165) is 5.56 Å². The SMILES string of the molecule is CCOC(=O)c1cc(-c2nnc(-c3ccc(C(C)(C)C)cc3)o2)c(C)nc1C. The van der Waals surface area contributed by atoms with Gasteiger partial charge in [0.15, 0.2) is 0 Å². The molecule has 0 aliphatic carbocycles. The summed E-state index contributed by atoms with van der Waals surface area (Å²) < 4.78 is 11.0. The van der Waals surface area contributed by atoms with Gasteiger partial charge in [-0.25, -0.2) is 4.79 Å². The van der Waals surface area contributed by atoms with E-state index in [9.17, 15) is 4.79 Å². The topological polar surface area (TPSA) is 78.1 Å². The van der Waals surface area contributed by atoms with Crippen molar-refractivity contribution in [2.24, 2.45) is 0 Å². The van der Waals surface area contributed by atoms with Crippen molar-refractivity contribution in [3.8, 4) is 22.9 Å². The number of carbonyl (C=O) groups excluding carboxylic acids is 1. The van der Waals surface area contributed by atoms with Crippen LogP contribution < -0.4 is 0 Å². The Kier molecular flexibility index (Phi) is 5.31. The Morgan fingerprint density at radius 1 is 1.04 bits per heavy atom. The normalized spacial score (nSPS) is 11.5. The Morgan fingerprint density at radius 2 is 1.68 bits per heavy atom. The van der Waals surface area contributed by atoms with E-state index in [2.05, 4.69) is 48.1 Å². The summed E-state index contributed by atoms with van der Waals surface area (Å²) in [5, 5.41) is 8.33. The van der Waals surface area contributed by atoms with E-state index in [-0.39, 0.29) is 5.41 Å². The highest BCUT2D eigenvalue weighted by Crippen LogP contribution is 2.29. The van der Waals surface area contributed by atoms with Crippen molar-refractivity contribution < 1.29 is 13.9 Å². The van der Waals surface area contributed by atoms with E-state index in [1.165, 1.54) is 5.56 Å². The Balaban J connectivity index is 1.96. The number of nitrogens with zero attached hydrogens (tertiary/aromatic N) is 3. The quantitative estimate of drug-likeness (QED) is 0.601. The lowest BCUT2D eigenvalue weighted by Crippen LogP contribution is -2.10. The molecular weight excluding hydrogens is 354 g/mol. The van der Waals surface area contributed by atoms with Crippen LogP contribution in [0.2, 0.25) is 0 Å². The number of esters is 1. The minimum absolute atomic E-state index is 0.0761. The van der Waals surface area contributed by atoms with E-state index in [0.29, 0.717) is 40.9 Å². The summed E-state index contributed by atoms with van der Waals surface area (Å²) in [5.41, 5.74) is 4.49. The first-order chi connectivity index (χ1) is 13.2. The maximum atomic E-state index is 12.2. The highest BCUT2D eigenvalue weighted by molar-refractivity contribution is 5.92. The van der Waals surface area contributed by atoms with Crippen LogP contribution in [-0.4, -0.2) is 27.8 Å². The molecule has 146 valence electrons. The molecule has 0 saturated heterocycles. The average Bonchev–Trinajstić information content (AvgIpc) is 3.11. The molecule has 0 aliphatic rings. The van der Waals surface area contributed by atoms with Gasteiger partial charge in [-0.05, 0) is 49.9 Å². The number of hydrogen-bond donors (Lipinski definition) is 0. The molecule has 0 bridgehead atoms. The number of aromatic nitrogens is 3. The van der Waals surface area contributed by atoms with Crippen LogP contribution in [0.1, 0.15) is 55.0 Å². The maximum Gasteiger partial charge on any atom is 0.339 e. The standard InChI is InChI=1S/C22H25N3O3/c1-7-27-21(26)18-12-17(13(2)23-14(18)3)20-25-24-19(28-20)15-8-10-16(11-9-15)22(4,5)6/h8-12H,7H2,1-6H3. The lowest BCUT2D eigenvalue weighted by atomic mass is 9.87. The molecule has 2 heterocycles. The highest BCUT2D eigenvalue weighted by atomic mass is 16.5. The highest BCUT2D eigenvalue weighted by Gasteiger charge is 2.19. The predicted octanol–water partition coefficient (Wildman–Crippen LogP) is 4.89. The van der Waals surface area contributed by atoms with E-state index in [4.69, 9.17) is 9.15 Å². The third-order valence-corrected chi connectivity index (χ3v) is 4.55. The largest absolute Gasteiger partial charge is 0.462 e. The van der Waals surface area contributed by atoms with Gasteiger partial charge in [0, 0.05) is 5.56 Å². The summed E-state index contributed by atoms with van der Waals surface area (Å²) in [7, 11) is 0. The van der Waals surface area contributed by atoms with Crippen LogP contribution in [0.3, 0.4) is 0 Å². The molecule has 2 aromatic heterocycles. The number of pyridine rings is 1. The molecule has 0 saturated carbocycles. The molecule has 1 aromatic carbocycles. The molecule has 0 atom stereocenters. The van der Waals surface area contributed by atoms with Crippen molar-refractivity contribution in [2.75, 3.05) is 6.61 Å². The summed E-state index contributed by atoms with van der Waals surface area (Å²) >= 11 is 0.